The van der Waals surface area contributed by atoms with Crippen LogP contribution in [0.2, 0.25) is 0 Å². The maximum atomic E-state index is 12.6. The minimum absolute atomic E-state index is 0.103. The van der Waals surface area contributed by atoms with Crippen molar-refractivity contribution < 1.29 is 27.7 Å². The molecular weight excluding hydrogens is 382 g/mol. The quantitative estimate of drug-likeness (QED) is 0.699. The Labute approximate surface area is 165 Å². The van der Waals surface area contributed by atoms with Crippen LogP contribution in [0.1, 0.15) is 26.3 Å². The van der Waals surface area contributed by atoms with Crippen LogP contribution in [0.3, 0.4) is 0 Å². The number of fused-ring (bicyclic) bond motifs is 1. The summed E-state index contributed by atoms with van der Waals surface area (Å²) >= 11 is 0. The first-order valence-corrected chi connectivity index (χ1v) is 10.5. The van der Waals surface area contributed by atoms with Gasteiger partial charge in [-0.3, -0.25) is 0 Å². The number of benzene rings is 2. The van der Waals surface area contributed by atoms with E-state index in [-0.39, 0.29) is 18.2 Å². The van der Waals surface area contributed by atoms with Crippen molar-refractivity contribution in [1.29, 1.82) is 0 Å². The molecule has 0 saturated carbocycles. The molecular formula is C20H25NO6S. The molecule has 0 saturated heterocycles. The van der Waals surface area contributed by atoms with Gasteiger partial charge < -0.3 is 19.3 Å². The second-order valence-electron chi connectivity index (χ2n) is 7.34. The highest BCUT2D eigenvalue weighted by molar-refractivity contribution is 7.89. The highest BCUT2D eigenvalue weighted by Gasteiger charge is 2.28. The molecule has 0 fully saturated rings. The van der Waals surface area contributed by atoms with Crippen molar-refractivity contribution >= 4 is 10.0 Å². The molecule has 152 valence electrons. The van der Waals surface area contributed by atoms with Gasteiger partial charge in [-0.15, -0.1) is 0 Å². The summed E-state index contributed by atoms with van der Waals surface area (Å²) < 4.78 is 43.7. The van der Waals surface area contributed by atoms with E-state index in [9.17, 15) is 13.5 Å². The van der Waals surface area contributed by atoms with Gasteiger partial charge in [0.25, 0.3) is 0 Å². The van der Waals surface area contributed by atoms with Crippen molar-refractivity contribution in [3.05, 3.63) is 48.0 Å². The Morgan fingerprint density at radius 2 is 1.82 bits per heavy atom. The maximum Gasteiger partial charge on any atom is 0.240 e. The standard InChI is InChI=1S/C20H25NO6S/c1-14(2)11-25-16-5-7-17(8-6-16)28(23,24)21-12-20(3,22)15-4-9-18-19(10-15)27-13-26-18/h4-10,14,21-22H,11-13H2,1-3H3. The Balaban J connectivity index is 1.66. The summed E-state index contributed by atoms with van der Waals surface area (Å²) in [5.41, 5.74) is -0.897. The molecule has 3 rings (SSSR count). The molecule has 2 aromatic rings. The van der Waals surface area contributed by atoms with E-state index in [0.29, 0.717) is 35.3 Å². The van der Waals surface area contributed by atoms with Gasteiger partial charge in [-0.1, -0.05) is 19.9 Å². The molecule has 28 heavy (non-hydrogen) atoms. The lowest BCUT2D eigenvalue weighted by Gasteiger charge is -2.24. The van der Waals surface area contributed by atoms with E-state index < -0.39 is 15.6 Å². The van der Waals surface area contributed by atoms with Crippen LogP contribution in [0, 0.1) is 5.92 Å². The summed E-state index contributed by atoms with van der Waals surface area (Å²) in [7, 11) is -3.78. The van der Waals surface area contributed by atoms with E-state index in [1.807, 2.05) is 13.8 Å². The number of ether oxygens (including phenoxy) is 3. The summed E-state index contributed by atoms with van der Waals surface area (Å²) in [6.07, 6.45) is 0. The molecule has 2 aromatic carbocycles. The molecule has 7 nitrogen and oxygen atoms in total. The lowest BCUT2D eigenvalue weighted by atomic mass is 9.96. The molecule has 1 unspecified atom stereocenters. The number of nitrogens with one attached hydrogen (secondary N) is 1. The molecule has 0 amide bonds. The zero-order chi connectivity index (χ0) is 20.4. The number of hydrogen-bond acceptors (Lipinski definition) is 6. The first-order valence-electron chi connectivity index (χ1n) is 9.02. The molecule has 1 aliphatic rings. The lowest BCUT2D eigenvalue weighted by molar-refractivity contribution is 0.0625. The van der Waals surface area contributed by atoms with E-state index in [0.717, 1.165) is 0 Å². The van der Waals surface area contributed by atoms with E-state index >= 15 is 0 Å². The van der Waals surface area contributed by atoms with Crippen LogP contribution in [-0.4, -0.2) is 33.5 Å². The average molecular weight is 407 g/mol. The molecule has 1 atom stereocenters. The first kappa shape index (κ1) is 20.4. The molecule has 0 aromatic heterocycles. The fraction of sp³-hybridized carbons (Fsp3) is 0.400. The zero-order valence-corrected chi connectivity index (χ0v) is 17.0. The molecule has 0 aliphatic carbocycles. The van der Waals surface area contributed by atoms with Gasteiger partial charge in [0.1, 0.15) is 11.4 Å². The summed E-state index contributed by atoms with van der Waals surface area (Å²) in [4.78, 5) is 0.103. The molecule has 0 radical (unpaired) electrons. The second-order valence-corrected chi connectivity index (χ2v) is 9.11. The Bertz CT molecular complexity index is 922. The largest absolute Gasteiger partial charge is 0.493 e. The monoisotopic (exact) mass is 407 g/mol. The predicted octanol–water partition coefficient (Wildman–Crippen LogP) is 2.64. The average Bonchev–Trinajstić information content (AvgIpc) is 3.13. The Hall–Kier alpha value is -2.29. The lowest BCUT2D eigenvalue weighted by Crippen LogP contribution is -2.38. The molecule has 1 aliphatic heterocycles. The molecule has 1 heterocycles. The fourth-order valence-electron chi connectivity index (χ4n) is 2.63. The van der Waals surface area contributed by atoms with Crippen LogP contribution in [0.4, 0.5) is 0 Å². The first-order chi connectivity index (χ1) is 13.2. The highest BCUT2D eigenvalue weighted by atomic mass is 32.2. The number of hydrogen-bond donors (Lipinski definition) is 2. The van der Waals surface area contributed by atoms with Gasteiger partial charge in [0.2, 0.25) is 16.8 Å². The Morgan fingerprint density at radius 1 is 1.14 bits per heavy atom. The molecule has 8 heteroatoms. The second kappa shape index (κ2) is 7.98. The van der Waals surface area contributed by atoms with E-state index in [1.165, 1.54) is 19.1 Å². The van der Waals surface area contributed by atoms with Crippen LogP contribution in [-0.2, 0) is 15.6 Å². The summed E-state index contributed by atoms with van der Waals surface area (Å²) in [6.45, 7) is 6.10. The zero-order valence-electron chi connectivity index (χ0n) is 16.1. The third kappa shape index (κ3) is 4.76. The normalized spacial score (nSPS) is 15.5. The third-order valence-electron chi connectivity index (χ3n) is 4.32. The van der Waals surface area contributed by atoms with Gasteiger partial charge in [0.15, 0.2) is 11.5 Å². The smallest absolute Gasteiger partial charge is 0.240 e. The SMILES string of the molecule is CC(C)COc1ccc(S(=O)(=O)NCC(C)(O)c2ccc3c(c2)OCO3)cc1. The Kier molecular flexibility index (Phi) is 5.83. The number of rotatable bonds is 8. The van der Waals surface area contributed by atoms with Gasteiger partial charge in [-0.2, -0.15) is 0 Å². The number of aliphatic hydroxyl groups is 1. The van der Waals surface area contributed by atoms with Crippen molar-refractivity contribution in [1.82, 2.24) is 4.72 Å². The fourth-order valence-corrected chi connectivity index (χ4v) is 3.76. The van der Waals surface area contributed by atoms with Crippen LogP contribution in [0.25, 0.3) is 0 Å². The predicted molar refractivity (Wildman–Crippen MR) is 104 cm³/mol. The summed E-state index contributed by atoms with van der Waals surface area (Å²) in [5.74, 6) is 2.11. The van der Waals surface area contributed by atoms with Crippen LogP contribution in [0.5, 0.6) is 17.2 Å². The molecule has 0 bridgehead atoms. The van der Waals surface area contributed by atoms with Gasteiger partial charge in [-0.25, -0.2) is 13.1 Å². The number of sulfonamides is 1. The molecule has 2 N–H and O–H groups in total. The topological polar surface area (TPSA) is 94.1 Å². The van der Waals surface area contributed by atoms with Crippen molar-refractivity contribution in [2.24, 2.45) is 5.92 Å². The molecule has 0 spiro atoms. The van der Waals surface area contributed by atoms with Gasteiger partial charge >= 0.3 is 0 Å². The summed E-state index contributed by atoms with van der Waals surface area (Å²) in [6, 6.07) is 11.2. The van der Waals surface area contributed by atoms with Gasteiger partial charge in [0.05, 0.1) is 11.5 Å². The van der Waals surface area contributed by atoms with E-state index in [1.54, 1.807) is 30.3 Å². The third-order valence-corrected chi connectivity index (χ3v) is 5.74. The van der Waals surface area contributed by atoms with Crippen LogP contribution < -0.4 is 18.9 Å². The minimum atomic E-state index is -3.78. The Morgan fingerprint density at radius 3 is 2.50 bits per heavy atom. The summed E-state index contributed by atoms with van der Waals surface area (Å²) in [5, 5.41) is 10.8. The van der Waals surface area contributed by atoms with Crippen molar-refractivity contribution in [2.45, 2.75) is 31.3 Å². The highest BCUT2D eigenvalue weighted by Crippen LogP contribution is 2.35. The van der Waals surface area contributed by atoms with Gasteiger partial charge in [-0.05, 0) is 54.8 Å². The van der Waals surface area contributed by atoms with Crippen LogP contribution >= 0.6 is 0 Å². The van der Waals surface area contributed by atoms with Crippen LogP contribution in [0.15, 0.2) is 47.4 Å². The van der Waals surface area contributed by atoms with Crippen molar-refractivity contribution in [3.8, 4) is 17.2 Å². The maximum absolute atomic E-state index is 12.6. The van der Waals surface area contributed by atoms with Crippen molar-refractivity contribution in [2.75, 3.05) is 19.9 Å². The van der Waals surface area contributed by atoms with E-state index in [4.69, 9.17) is 14.2 Å². The van der Waals surface area contributed by atoms with Crippen molar-refractivity contribution in [3.63, 3.8) is 0 Å². The van der Waals surface area contributed by atoms with Gasteiger partial charge in [0, 0.05) is 6.54 Å². The minimum Gasteiger partial charge on any atom is -0.493 e. The van der Waals surface area contributed by atoms with E-state index in [2.05, 4.69) is 4.72 Å².